The van der Waals surface area contributed by atoms with Gasteiger partial charge in [0.1, 0.15) is 11.3 Å². The number of rotatable bonds is 5. The molecule has 1 aliphatic rings. The predicted molar refractivity (Wildman–Crippen MR) is 136 cm³/mol. The second-order valence-corrected chi connectivity index (χ2v) is 9.78. The van der Waals surface area contributed by atoms with Gasteiger partial charge in [-0.1, -0.05) is 17.3 Å². The fraction of sp³-hybridized carbons (Fsp3) is 0.385. The highest BCUT2D eigenvalue weighted by molar-refractivity contribution is 5.97. The van der Waals surface area contributed by atoms with Crippen molar-refractivity contribution in [3.63, 3.8) is 0 Å². The molecule has 3 N–H and O–H groups in total. The fourth-order valence-electron chi connectivity index (χ4n) is 5.02. The largest absolute Gasteiger partial charge is 0.419 e. The molecule has 4 aromatic rings. The smallest absolute Gasteiger partial charge is 0.361 e. The maximum Gasteiger partial charge on any atom is 0.419 e. The zero-order valence-electron chi connectivity index (χ0n) is 21.4. The molecule has 1 aliphatic heterocycles. The summed E-state index contributed by atoms with van der Waals surface area (Å²) in [7, 11) is 3.40. The Morgan fingerprint density at radius 1 is 1.21 bits per heavy atom. The minimum absolute atomic E-state index is 0.00669. The van der Waals surface area contributed by atoms with Gasteiger partial charge in [0.15, 0.2) is 0 Å². The minimum Gasteiger partial charge on any atom is -0.361 e. The molecule has 0 aliphatic carbocycles. The van der Waals surface area contributed by atoms with Crippen molar-refractivity contribution in [1.82, 2.24) is 30.3 Å². The summed E-state index contributed by atoms with van der Waals surface area (Å²) in [6.45, 7) is 4.72. The lowest BCUT2D eigenvalue weighted by Gasteiger charge is -2.31. The van der Waals surface area contributed by atoms with Crippen molar-refractivity contribution in [1.29, 1.82) is 0 Å². The van der Waals surface area contributed by atoms with E-state index in [9.17, 15) is 18.0 Å². The summed E-state index contributed by atoms with van der Waals surface area (Å²) in [6, 6.07) is 5.23. The molecule has 4 heterocycles. The fourth-order valence-corrected chi connectivity index (χ4v) is 5.02. The summed E-state index contributed by atoms with van der Waals surface area (Å²) in [5.41, 5.74) is 2.23. The first-order valence-electron chi connectivity index (χ1n) is 12.2. The molecule has 5 rings (SSSR count). The molecule has 12 heteroatoms. The van der Waals surface area contributed by atoms with Crippen LogP contribution in [0, 0.1) is 19.8 Å². The molecule has 3 aromatic heterocycles. The van der Waals surface area contributed by atoms with E-state index >= 15 is 0 Å². The highest BCUT2D eigenvalue weighted by atomic mass is 19.4. The number of nitrogens with zero attached hydrogens (tertiary/aromatic N) is 4. The summed E-state index contributed by atoms with van der Waals surface area (Å²) < 4.78 is 47.3. The molecule has 0 unspecified atom stereocenters. The first kappa shape index (κ1) is 25.7. The van der Waals surface area contributed by atoms with Crippen LogP contribution < -0.4 is 10.6 Å². The van der Waals surface area contributed by atoms with Crippen LogP contribution in [0.15, 0.2) is 35.1 Å². The number of carbonyl (C=O) groups is 1. The number of hydrogen-bond donors (Lipinski definition) is 3. The Labute approximate surface area is 216 Å². The SMILES string of the molecule is Cc1noc(C)c1-c1ccc2c(-c3nc(N[C@@H]4CNC[C@H](C(=O)N(C)C)C4)ncc3C(F)(F)F)c[nH]c2c1. The standard InChI is InChI=1S/C26H28F3N7O2/c1-13-22(14(2)38-35-13)15-5-6-18-19(11-31-21(18)8-15)23-20(26(27,28)29)12-32-25(34-23)33-17-7-16(9-30-10-17)24(37)36(3)4/h5-6,8,11-12,16-17,30-31H,7,9-10H2,1-4H3,(H,32,33,34)/t16-,17+/m1/s1. The molecule has 2 atom stereocenters. The average molecular weight is 528 g/mol. The maximum atomic E-state index is 14.0. The second-order valence-electron chi connectivity index (χ2n) is 9.78. The maximum absolute atomic E-state index is 14.0. The number of H-pyrrole nitrogens is 1. The van der Waals surface area contributed by atoms with Gasteiger partial charge >= 0.3 is 6.18 Å². The summed E-state index contributed by atoms with van der Waals surface area (Å²) >= 11 is 0. The molecular weight excluding hydrogens is 499 g/mol. The average Bonchev–Trinajstić information content (AvgIpc) is 3.44. The van der Waals surface area contributed by atoms with E-state index in [1.54, 1.807) is 20.2 Å². The van der Waals surface area contributed by atoms with E-state index in [0.29, 0.717) is 41.7 Å². The first-order chi connectivity index (χ1) is 18.0. The van der Waals surface area contributed by atoms with Crippen molar-refractivity contribution >= 4 is 22.8 Å². The zero-order valence-corrected chi connectivity index (χ0v) is 21.4. The molecule has 1 amide bonds. The number of aromatic nitrogens is 4. The van der Waals surface area contributed by atoms with Gasteiger partial charge in [-0.3, -0.25) is 4.79 Å². The van der Waals surface area contributed by atoms with Gasteiger partial charge < -0.3 is 25.0 Å². The number of nitrogens with one attached hydrogen (secondary N) is 3. The van der Waals surface area contributed by atoms with E-state index < -0.39 is 11.7 Å². The Morgan fingerprint density at radius 2 is 2.00 bits per heavy atom. The number of benzene rings is 1. The summed E-state index contributed by atoms with van der Waals surface area (Å²) in [5, 5.41) is 10.9. The number of fused-ring (bicyclic) bond motifs is 1. The Morgan fingerprint density at radius 3 is 2.68 bits per heavy atom. The number of halogens is 3. The van der Waals surface area contributed by atoms with Crippen molar-refractivity contribution in [2.24, 2.45) is 5.92 Å². The highest BCUT2D eigenvalue weighted by Crippen LogP contribution is 2.40. The number of carbonyl (C=O) groups excluding carboxylic acids is 1. The first-order valence-corrected chi connectivity index (χ1v) is 12.2. The van der Waals surface area contributed by atoms with Crippen molar-refractivity contribution in [3.8, 4) is 22.4 Å². The van der Waals surface area contributed by atoms with Crippen LogP contribution in [0.5, 0.6) is 0 Å². The van der Waals surface area contributed by atoms with Crippen molar-refractivity contribution in [2.45, 2.75) is 32.5 Å². The van der Waals surface area contributed by atoms with Gasteiger partial charge in [-0.05, 0) is 31.9 Å². The van der Waals surface area contributed by atoms with E-state index in [2.05, 4.69) is 30.7 Å². The number of aromatic amines is 1. The summed E-state index contributed by atoms with van der Waals surface area (Å²) in [5.74, 6) is 0.476. The van der Waals surface area contributed by atoms with E-state index in [-0.39, 0.29) is 29.5 Å². The normalized spacial score (nSPS) is 18.1. The molecule has 200 valence electrons. The van der Waals surface area contributed by atoms with Crippen molar-refractivity contribution < 1.29 is 22.5 Å². The number of anilines is 1. The topological polar surface area (TPSA) is 112 Å². The Bertz CT molecular complexity index is 1470. The van der Waals surface area contributed by atoms with E-state index in [1.165, 1.54) is 11.1 Å². The van der Waals surface area contributed by atoms with Gasteiger partial charge in [-0.25, -0.2) is 9.97 Å². The van der Waals surface area contributed by atoms with Crippen LogP contribution >= 0.6 is 0 Å². The summed E-state index contributed by atoms with van der Waals surface area (Å²) in [4.78, 5) is 25.3. The monoisotopic (exact) mass is 527 g/mol. The number of amides is 1. The van der Waals surface area contributed by atoms with E-state index in [4.69, 9.17) is 4.52 Å². The third-order valence-electron chi connectivity index (χ3n) is 6.83. The Hall–Kier alpha value is -3.93. The highest BCUT2D eigenvalue weighted by Gasteiger charge is 2.36. The van der Waals surface area contributed by atoms with Crippen molar-refractivity contribution in [2.75, 3.05) is 32.5 Å². The van der Waals surface area contributed by atoms with Gasteiger partial charge in [-0.2, -0.15) is 13.2 Å². The third-order valence-corrected chi connectivity index (χ3v) is 6.83. The molecule has 9 nitrogen and oxygen atoms in total. The van der Waals surface area contributed by atoms with Crippen LogP contribution in [-0.2, 0) is 11.0 Å². The lowest BCUT2D eigenvalue weighted by molar-refractivity contribution is -0.137. The molecule has 1 aromatic carbocycles. The number of hydrogen-bond acceptors (Lipinski definition) is 7. The van der Waals surface area contributed by atoms with Gasteiger partial charge in [0.2, 0.25) is 11.9 Å². The second kappa shape index (κ2) is 9.75. The van der Waals surface area contributed by atoms with Crippen LogP contribution in [-0.4, -0.2) is 64.1 Å². The third kappa shape index (κ3) is 4.83. The minimum atomic E-state index is -4.65. The van der Waals surface area contributed by atoms with Crippen LogP contribution in [0.4, 0.5) is 19.1 Å². The van der Waals surface area contributed by atoms with Gasteiger partial charge in [0.25, 0.3) is 0 Å². The molecule has 0 radical (unpaired) electrons. The Balaban J connectivity index is 1.50. The molecule has 1 saturated heterocycles. The lowest BCUT2D eigenvalue weighted by atomic mass is 9.94. The Kier molecular flexibility index (Phi) is 6.59. The number of piperidine rings is 1. The molecule has 1 fully saturated rings. The predicted octanol–water partition coefficient (Wildman–Crippen LogP) is 4.39. The van der Waals surface area contributed by atoms with Gasteiger partial charge in [-0.15, -0.1) is 0 Å². The van der Waals surface area contributed by atoms with Gasteiger partial charge in [0, 0.05) is 67.7 Å². The van der Waals surface area contributed by atoms with Crippen LogP contribution in [0.25, 0.3) is 33.3 Å². The van der Waals surface area contributed by atoms with E-state index in [0.717, 1.165) is 23.0 Å². The van der Waals surface area contributed by atoms with Crippen LogP contribution in [0.3, 0.4) is 0 Å². The zero-order chi connectivity index (χ0) is 27.2. The number of aryl methyl sites for hydroxylation is 2. The molecule has 0 bridgehead atoms. The lowest BCUT2D eigenvalue weighted by Crippen LogP contribution is -2.48. The van der Waals surface area contributed by atoms with Crippen LogP contribution in [0.2, 0.25) is 0 Å². The summed E-state index contributed by atoms with van der Waals surface area (Å²) in [6.07, 6.45) is -1.80. The van der Waals surface area contributed by atoms with E-state index in [1.807, 2.05) is 26.0 Å². The molecule has 0 saturated carbocycles. The number of alkyl halides is 3. The quantitative estimate of drug-likeness (QED) is 0.353. The van der Waals surface area contributed by atoms with Gasteiger partial charge in [0.05, 0.1) is 17.3 Å². The molecule has 38 heavy (non-hydrogen) atoms. The molecular formula is C26H28F3N7O2. The van der Waals surface area contributed by atoms with Crippen molar-refractivity contribution in [3.05, 3.63) is 47.6 Å². The molecule has 0 spiro atoms. The van der Waals surface area contributed by atoms with Crippen LogP contribution in [0.1, 0.15) is 23.4 Å².